The number of nitrogens with zero attached hydrogens (tertiary/aromatic N) is 2. The third-order valence-electron chi connectivity index (χ3n) is 2.13. The van der Waals surface area contributed by atoms with Crippen LogP contribution >= 0.6 is 0 Å². The van der Waals surface area contributed by atoms with E-state index in [9.17, 15) is 4.79 Å². The maximum Gasteiger partial charge on any atom is 0.276 e. The van der Waals surface area contributed by atoms with Gasteiger partial charge in [-0.15, -0.1) is 0 Å². The summed E-state index contributed by atoms with van der Waals surface area (Å²) in [4.78, 5) is 25.6. The molecule has 2 heterocycles. The molecule has 0 aromatic carbocycles. The highest BCUT2D eigenvalue weighted by Gasteiger charge is 2.07. The number of hydrogen-bond acceptors (Lipinski definition) is 3. The summed E-state index contributed by atoms with van der Waals surface area (Å²) in [5.74, 6) is 1.47. The lowest BCUT2D eigenvalue weighted by molar-refractivity contribution is 0.938. The highest BCUT2D eigenvalue weighted by molar-refractivity contribution is 5.68. The summed E-state index contributed by atoms with van der Waals surface area (Å²) in [6.45, 7) is 3.92. The molecule has 0 aliphatic heterocycles. The van der Waals surface area contributed by atoms with Crippen molar-refractivity contribution in [2.24, 2.45) is 0 Å². The molecule has 2 rings (SSSR count). The summed E-state index contributed by atoms with van der Waals surface area (Å²) in [6, 6.07) is 0. The molecule has 14 heavy (non-hydrogen) atoms. The summed E-state index contributed by atoms with van der Waals surface area (Å²) in [5, 5.41) is 0. The van der Waals surface area contributed by atoms with E-state index in [4.69, 9.17) is 0 Å². The zero-order valence-corrected chi connectivity index (χ0v) is 8.22. The number of hydrogen-bond donors (Lipinski definition) is 2. The molecule has 2 aromatic rings. The molecule has 0 aliphatic carbocycles. The lowest BCUT2D eigenvalue weighted by atomic mass is 10.4. The van der Waals surface area contributed by atoms with Gasteiger partial charge in [-0.3, -0.25) is 4.79 Å². The molecule has 74 valence electrons. The second-order valence-corrected chi connectivity index (χ2v) is 3.10. The van der Waals surface area contributed by atoms with Crippen LogP contribution in [-0.2, 0) is 12.8 Å². The predicted octanol–water partition coefficient (Wildman–Crippen LogP) is 0.771. The number of fused-ring (bicyclic) bond motifs is 1. The van der Waals surface area contributed by atoms with E-state index >= 15 is 0 Å². The van der Waals surface area contributed by atoms with Gasteiger partial charge in [0.2, 0.25) is 0 Å². The van der Waals surface area contributed by atoms with Gasteiger partial charge in [0.05, 0.1) is 0 Å². The van der Waals surface area contributed by atoms with Gasteiger partial charge in [0.25, 0.3) is 5.56 Å². The molecule has 0 aliphatic rings. The zero-order valence-electron chi connectivity index (χ0n) is 8.22. The van der Waals surface area contributed by atoms with Crippen LogP contribution in [0.3, 0.4) is 0 Å². The van der Waals surface area contributed by atoms with Crippen molar-refractivity contribution in [2.45, 2.75) is 26.7 Å². The molecular formula is C9H12N4O. The Morgan fingerprint density at radius 2 is 1.64 bits per heavy atom. The topological polar surface area (TPSA) is 74.4 Å². The normalized spacial score (nSPS) is 11.0. The van der Waals surface area contributed by atoms with Gasteiger partial charge in [0, 0.05) is 12.8 Å². The van der Waals surface area contributed by atoms with Gasteiger partial charge < -0.3 is 9.97 Å². The molecule has 2 N–H and O–H groups in total. The fourth-order valence-electron chi connectivity index (χ4n) is 1.34. The van der Waals surface area contributed by atoms with E-state index in [0.717, 1.165) is 12.2 Å². The van der Waals surface area contributed by atoms with Crippen molar-refractivity contribution in [3.8, 4) is 0 Å². The van der Waals surface area contributed by atoms with Crippen LogP contribution in [0.4, 0.5) is 0 Å². The SMILES string of the molecule is CCc1nc2nc(CC)[nH]c2c(=O)[nH]1. The molecule has 0 unspecified atom stereocenters. The van der Waals surface area contributed by atoms with Crippen LogP contribution in [0.25, 0.3) is 11.2 Å². The first kappa shape index (κ1) is 8.93. The van der Waals surface area contributed by atoms with Crippen molar-refractivity contribution in [3.63, 3.8) is 0 Å². The molecule has 5 heteroatoms. The average Bonchev–Trinajstić information content (AvgIpc) is 2.61. The number of imidazole rings is 1. The minimum absolute atomic E-state index is 0.140. The summed E-state index contributed by atoms with van der Waals surface area (Å²) in [5.41, 5.74) is 0.848. The van der Waals surface area contributed by atoms with E-state index in [1.54, 1.807) is 0 Å². The van der Waals surface area contributed by atoms with Crippen LogP contribution in [0.15, 0.2) is 4.79 Å². The fraction of sp³-hybridized carbons (Fsp3) is 0.444. The average molecular weight is 192 g/mol. The summed E-state index contributed by atoms with van der Waals surface area (Å²) >= 11 is 0. The molecule has 0 fully saturated rings. The van der Waals surface area contributed by atoms with E-state index in [2.05, 4.69) is 19.9 Å². The standard InChI is InChI=1S/C9H12N4O/c1-3-5-10-7-8(11-5)12-6(4-2)13-9(7)14/h3-4H2,1-2H3,(H2,10,11,12,13,14). The third-order valence-corrected chi connectivity index (χ3v) is 2.13. The van der Waals surface area contributed by atoms with Gasteiger partial charge in [-0.2, -0.15) is 0 Å². The summed E-state index contributed by atoms with van der Waals surface area (Å²) < 4.78 is 0. The number of nitrogens with one attached hydrogen (secondary N) is 2. The second-order valence-electron chi connectivity index (χ2n) is 3.10. The lowest BCUT2D eigenvalue weighted by Crippen LogP contribution is -2.11. The van der Waals surface area contributed by atoms with Crippen molar-refractivity contribution in [3.05, 3.63) is 22.0 Å². The van der Waals surface area contributed by atoms with Gasteiger partial charge in [-0.25, -0.2) is 9.97 Å². The number of aromatic amines is 2. The highest BCUT2D eigenvalue weighted by atomic mass is 16.1. The monoisotopic (exact) mass is 192 g/mol. The molecule has 2 aromatic heterocycles. The van der Waals surface area contributed by atoms with E-state index in [0.29, 0.717) is 23.4 Å². The zero-order chi connectivity index (χ0) is 10.1. The Morgan fingerprint density at radius 1 is 1.07 bits per heavy atom. The molecule has 0 saturated carbocycles. The van der Waals surface area contributed by atoms with E-state index in [1.165, 1.54) is 0 Å². The van der Waals surface area contributed by atoms with Gasteiger partial charge in [-0.05, 0) is 0 Å². The second kappa shape index (κ2) is 3.25. The minimum atomic E-state index is -0.140. The largest absolute Gasteiger partial charge is 0.336 e. The third kappa shape index (κ3) is 1.30. The molecule has 0 atom stereocenters. The van der Waals surface area contributed by atoms with Crippen molar-refractivity contribution in [1.82, 2.24) is 19.9 Å². The van der Waals surface area contributed by atoms with Crippen LogP contribution in [0.2, 0.25) is 0 Å². The summed E-state index contributed by atoms with van der Waals surface area (Å²) in [6.07, 6.45) is 1.48. The Morgan fingerprint density at radius 3 is 2.21 bits per heavy atom. The van der Waals surface area contributed by atoms with Crippen LogP contribution < -0.4 is 5.56 Å². The maximum absolute atomic E-state index is 11.5. The Labute approximate surface area is 80.6 Å². The quantitative estimate of drug-likeness (QED) is 0.738. The van der Waals surface area contributed by atoms with Crippen molar-refractivity contribution in [2.75, 3.05) is 0 Å². The first-order valence-electron chi connectivity index (χ1n) is 4.72. The van der Waals surface area contributed by atoms with Crippen LogP contribution in [-0.4, -0.2) is 19.9 Å². The molecule has 0 spiro atoms. The van der Waals surface area contributed by atoms with Crippen molar-refractivity contribution in [1.29, 1.82) is 0 Å². The van der Waals surface area contributed by atoms with Gasteiger partial charge in [-0.1, -0.05) is 13.8 Å². The minimum Gasteiger partial charge on any atom is -0.336 e. The Bertz CT molecular complexity index is 511. The molecule has 0 bridgehead atoms. The predicted molar refractivity (Wildman–Crippen MR) is 53.3 cm³/mol. The first-order chi connectivity index (χ1) is 6.74. The fourth-order valence-corrected chi connectivity index (χ4v) is 1.34. The van der Waals surface area contributed by atoms with Gasteiger partial charge in [0.1, 0.15) is 11.6 Å². The van der Waals surface area contributed by atoms with Crippen LogP contribution in [0.1, 0.15) is 25.5 Å². The highest BCUT2D eigenvalue weighted by Crippen LogP contribution is 2.04. The Balaban J connectivity index is 2.73. The van der Waals surface area contributed by atoms with Gasteiger partial charge >= 0.3 is 0 Å². The van der Waals surface area contributed by atoms with Crippen LogP contribution in [0, 0.1) is 0 Å². The number of rotatable bonds is 2. The molecule has 0 amide bonds. The van der Waals surface area contributed by atoms with E-state index < -0.39 is 0 Å². The smallest absolute Gasteiger partial charge is 0.276 e. The number of aromatic nitrogens is 4. The van der Waals surface area contributed by atoms with E-state index in [-0.39, 0.29) is 5.56 Å². The molecule has 0 saturated heterocycles. The van der Waals surface area contributed by atoms with Crippen molar-refractivity contribution >= 4 is 11.2 Å². The summed E-state index contributed by atoms with van der Waals surface area (Å²) in [7, 11) is 0. The molecule has 0 radical (unpaired) electrons. The molecule has 5 nitrogen and oxygen atoms in total. The van der Waals surface area contributed by atoms with Crippen LogP contribution in [0.5, 0.6) is 0 Å². The number of H-pyrrole nitrogens is 2. The number of aryl methyl sites for hydroxylation is 2. The van der Waals surface area contributed by atoms with Gasteiger partial charge in [0.15, 0.2) is 11.2 Å². The Hall–Kier alpha value is -1.65. The van der Waals surface area contributed by atoms with E-state index in [1.807, 2.05) is 13.8 Å². The lowest BCUT2D eigenvalue weighted by Gasteiger charge is -1.93. The Kier molecular flexibility index (Phi) is 2.07. The first-order valence-corrected chi connectivity index (χ1v) is 4.72. The van der Waals surface area contributed by atoms with Crippen molar-refractivity contribution < 1.29 is 0 Å². The maximum atomic E-state index is 11.5. The molecular weight excluding hydrogens is 180 g/mol.